The fourth-order valence-electron chi connectivity index (χ4n) is 2.39. The highest BCUT2D eigenvalue weighted by Gasteiger charge is 2.42. The molecular weight excluding hydrogens is 338 g/mol. The molecule has 0 saturated carbocycles. The van der Waals surface area contributed by atoms with E-state index in [1.54, 1.807) is 18.2 Å². The second kappa shape index (κ2) is 6.92. The summed E-state index contributed by atoms with van der Waals surface area (Å²) in [5.41, 5.74) is 0.621. The average Bonchev–Trinajstić information content (AvgIpc) is 2.43. The summed E-state index contributed by atoms with van der Waals surface area (Å²) in [6, 6.07) is 4.79. The van der Waals surface area contributed by atoms with Crippen LogP contribution >= 0.6 is 23.2 Å². The maximum absolute atomic E-state index is 12.7. The lowest BCUT2D eigenvalue weighted by molar-refractivity contribution is -0.187. The Morgan fingerprint density at radius 3 is 2.45 bits per heavy atom. The summed E-state index contributed by atoms with van der Waals surface area (Å²) in [6.45, 7) is 0.0506. The second-order valence-electron chi connectivity index (χ2n) is 5.20. The summed E-state index contributed by atoms with van der Waals surface area (Å²) < 4.78 is 38.2. The minimum atomic E-state index is -4.26. The van der Waals surface area contributed by atoms with Crippen molar-refractivity contribution in [2.75, 3.05) is 13.1 Å². The van der Waals surface area contributed by atoms with Crippen molar-refractivity contribution in [2.24, 2.45) is 5.92 Å². The third kappa shape index (κ3) is 4.65. The van der Waals surface area contributed by atoms with E-state index in [1.165, 1.54) is 17.1 Å². The van der Waals surface area contributed by atoms with E-state index in [2.05, 4.69) is 0 Å². The number of benzene rings is 1. The Bertz CT molecular complexity index is 566. The Kier molecular flexibility index (Phi) is 5.40. The largest absolute Gasteiger partial charge is 0.393 e. The molecule has 1 saturated heterocycles. The second-order valence-corrected chi connectivity index (χ2v) is 6.07. The van der Waals surface area contributed by atoms with Crippen molar-refractivity contribution in [2.45, 2.75) is 19.0 Å². The first-order valence-corrected chi connectivity index (χ1v) is 7.51. The molecule has 120 valence electrons. The first kappa shape index (κ1) is 17.2. The Balaban J connectivity index is 2.03. The lowest BCUT2D eigenvalue weighted by Gasteiger charge is -2.33. The molecule has 1 aromatic carbocycles. The molecule has 0 unspecified atom stereocenters. The van der Waals surface area contributed by atoms with Gasteiger partial charge in [0.15, 0.2) is 0 Å². The van der Waals surface area contributed by atoms with Gasteiger partial charge in [-0.2, -0.15) is 13.2 Å². The van der Waals surface area contributed by atoms with Crippen LogP contribution in [0.1, 0.15) is 18.4 Å². The third-order valence-electron chi connectivity index (χ3n) is 3.50. The van der Waals surface area contributed by atoms with Gasteiger partial charge in [0.25, 0.3) is 0 Å². The Morgan fingerprint density at radius 2 is 1.86 bits per heavy atom. The average molecular weight is 352 g/mol. The topological polar surface area (TPSA) is 20.3 Å². The number of nitrogens with zero attached hydrogens (tertiary/aromatic N) is 1. The maximum Gasteiger partial charge on any atom is 0.393 e. The van der Waals surface area contributed by atoms with Gasteiger partial charge >= 0.3 is 6.18 Å². The predicted octanol–water partition coefficient (Wildman–Crippen LogP) is 4.81. The molecule has 22 heavy (non-hydrogen) atoms. The minimum Gasteiger partial charge on any atom is -0.339 e. The minimum absolute atomic E-state index is 0.0703. The molecule has 1 aromatic rings. The highest BCUT2D eigenvalue weighted by molar-refractivity contribution is 6.34. The lowest BCUT2D eigenvalue weighted by Crippen LogP contribution is -2.44. The van der Waals surface area contributed by atoms with Gasteiger partial charge in [-0.1, -0.05) is 23.2 Å². The van der Waals surface area contributed by atoms with E-state index in [-0.39, 0.29) is 13.0 Å². The molecule has 0 aromatic heterocycles. The molecule has 2 rings (SSSR count). The summed E-state index contributed by atoms with van der Waals surface area (Å²) in [5, 5.41) is 0.851. The van der Waals surface area contributed by atoms with Crippen LogP contribution in [0, 0.1) is 5.92 Å². The fraction of sp³-hybridized carbons (Fsp3) is 0.400. The van der Waals surface area contributed by atoms with Crippen molar-refractivity contribution in [1.29, 1.82) is 0 Å². The van der Waals surface area contributed by atoms with Crippen molar-refractivity contribution in [3.63, 3.8) is 0 Å². The van der Waals surface area contributed by atoms with Gasteiger partial charge in [-0.25, -0.2) is 0 Å². The van der Waals surface area contributed by atoms with Crippen molar-refractivity contribution < 1.29 is 18.0 Å². The highest BCUT2D eigenvalue weighted by atomic mass is 35.5. The van der Waals surface area contributed by atoms with E-state index in [0.29, 0.717) is 28.6 Å². The number of rotatable bonds is 2. The van der Waals surface area contributed by atoms with Gasteiger partial charge in [-0.15, -0.1) is 0 Å². The number of alkyl halides is 3. The zero-order valence-corrected chi connectivity index (χ0v) is 13.0. The highest BCUT2D eigenvalue weighted by Crippen LogP contribution is 2.33. The Hall–Kier alpha value is -1.20. The molecule has 0 bridgehead atoms. The van der Waals surface area contributed by atoms with Crippen LogP contribution in [0.3, 0.4) is 0 Å². The molecule has 0 N–H and O–H groups in total. The zero-order valence-electron chi connectivity index (χ0n) is 11.5. The first-order chi connectivity index (χ1) is 10.3. The molecule has 2 nitrogen and oxygen atoms in total. The van der Waals surface area contributed by atoms with Crippen LogP contribution in [0.25, 0.3) is 6.08 Å². The quantitative estimate of drug-likeness (QED) is 0.700. The molecule has 1 atom stereocenters. The fourth-order valence-corrected chi connectivity index (χ4v) is 2.93. The maximum atomic E-state index is 12.7. The van der Waals surface area contributed by atoms with E-state index in [9.17, 15) is 18.0 Å². The SMILES string of the molecule is O=C(/C=C/c1cc(Cl)cc(Cl)c1)N1CCC[C@H](C(F)(F)F)C1. The summed E-state index contributed by atoms with van der Waals surface area (Å²) in [4.78, 5) is 13.2. The first-order valence-electron chi connectivity index (χ1n) is 6.75. The van der Waals surface area contributed by atoms with Crippen LogP contribution < -0.4 is 0 Å². The number of piperidine rings is 1. The van der Waals surface area contributed by atoms with E-state index in [4.69, 9.17) is 23.2 Å². The molecule has 1 fully saturated rings. The number of amides is 1. The molecule has 1 amide bonds. The Morgan fingerprint density at radius 1 is 1.23 bits per heavy atom. The number of halogens is 5. The zero-order chi connectivity index (χ0) is 16.3. The molecule has 0 radical (unpaired) electrons. The molecule has 1 aliphatic rings. The van der Waals surface area contributed by atoms with Gasteiger partial charge in [0.05, 0.1) is 5.92 Å². The number of likely N-dealkylation sites (tertiary alicyclic amines) is 1. The van der Waals surface area contributed by atoms with Crippen LogP contribution in [0.15, 0.2) is 24.3 Å². The van der Waals surface area contributed by atoms with E-state index >= 15 is 0 Å². The van der Waals surface area contributed by atoms with Gasteiger partial charge in [0.1, 0.15) is 0 Å². The lowest BCUT2D eigenvalue weighted by atomic mass is 9.97. The van der Waals surface area contributed by atoms with Crippen LogP contribution in [-0.4, -0.2) is 30.1 Å². The molecule has 7 heteroatoms. The third-order valence-corrected chi connectivity index (χ3v) is 3.94. The Labute approximate surface area is 136 Å². The number of carbonyl (C=O) groups excluding carboxylic acids is 1. The van der Waals surface area contributed by atoms with Crippen molar-refractivity contribution in [3.8, 4) is 0 Å². The molecule has 0 spiro atoms. The van der Waals surface area contributed by atoms with Gasteiger partial charge in [-0.05, 0) is 42.7 Å². The van der Waals surface area contributed by atoms with Crippen LogP contribution in [-0.2, 0) is 4.79 Å². The molecule has 0 aliphatic carbocycles. The van der Waals surface area contributed by atoms with E-state index in [1.807, 2.05) is 0 Å². The van der Waals surface area contributed by atoms with Crippen molar-refractivity contribution in [3.05, 3.63) is 39.9 Å². The summed E-state index contributed by atoms with van der Waals surface area (Å²) in [6.07, 6.45) is -1.09. The van der Waals surface area contributed by atoms with Gasteiger partial charge < -0.3 is 4.90 Å². The number of hydrogen-bond acceptors (Lipinski definition) is 1. The smallest absolute Gasteiger partial charge is 0.339 e. The van der Waals surface area contributed by atoms with Crippen LogP contribution in [0.4, 0.5) is 13.2 Å². The van der Waals surface area contributed by atoms with E-state index < -0.39 is 18.0 Å². The van der Waals surface area contributed by atoms with Crippen LogP contribution in [0.5, 0.6) is 0 Å². The number of hydrogen-bond donors (Lipinski definition) is 0. The van der Waals surface area contributed by atoms with Gasteiger partial charge in [0, 0.05) is 29.2 Å². The predicted molar refractivity (Wildman–Crippen MR) is 80.9 cm³/mol. The van der Waals surface area contributed by atoms with E-state index in [0.717, 1.165) is 0 Å². The molecule has 1 aliphatic heterocycles. The summed E-state index contributed by atoms with van der Waals surface area (Å²) in [5.74, 6) is -1.88. The van der Waals surface area contributed by atoms with Crippen molar-refractivity contribution >= 4 is 35.2 Å². The van der Waals surface area contributed by atoms with Crippen molar-refractivity contribution in [1.82, 2.24) is 4.90 Å². The normalized spacial score (nSPS) is 19.7. The monoisotopic (exact) mass is 351 g/mol. The summed E-state index contributed by atoms with van der Waals surface area (Å²) >= 11 is 11.7. The standard InChI is InChI=1S/C15H14Cl2F3NO/c16-12-6-10(7-13(17)8-12)3-4-14(22)21-5-1-2-11(9-21)15(18,19)20/h3-4,6-8,11H,1-2,5,9H2/b4-3+/t11-/m0/s1. The van der Waals surface area contributed by atoms with Gasteiger partial charge in [0.2, 0.25) is 5.91 Å². The van der Waals surface area contributed by atoms with Gasteiger partial charge in [-0.3, -0.25) is 4.79 Å². The number of carbonyl (C=O) groups is 1. The summed E-state index contributed by atoms with van der Waals surface area (Å²) in [7, 11) is 0. The van der Waals surface area contributed by atoms with Crippen LogP contribution in [0.2, 0.25) is 10.0 Å². The molecule has 1 heterocycles. The molecular formula is C15H14Cl2F3NO.